The zero-order valence-corrected chi connectivity index (χ0v) is 9.47. The van der Waals surface area contributed by atoms with Crippen molar-refractivity contribution in [1.82, 2.24) is 0 Å². The number of hydrogen-bond donors (Lipinski definition) is 1. The molecule has 13 heavy (non-hydrogen) atoms. The molecule has 4 heteroatoms. The number of halogens is 2. The van der Waals surface area contributed by atoms with Crippen LogP contribution in [-0.2, 0) is 0 Å². The summed E-state index contributed by atoms with van der Waals surface area (Å²) in [6, 6.07) is 5.40. The van der Waals surface area contributed by atoms with E-state index in [0.717, 1.165) is 10.0 Å². The number of rotatable bonds is 3. The van der Waals surface area contributed by atoms with Gasteiger partial charge in [0.15, 0.2) is 0 Å². The molecule has 0 heterocycles. The minimum atomic E-state index is -0.661. The van der Waals surface area contributed by atoms with Gasteiger partial charge in [-0.2, -0.15) is 0 Å². The number of alkyl halides is 1. The van der Waals surface area contributed by atoms with Crippen LogP contribution in [0.2, 0.25) is 0 Å². The third-order valence-electron chi connectivity index (χ3n) is 1.71. The molecular formula is C9H10BrClO2. The second-order valence-corrected chi connectivity index (χ2v) is 3.72. The number of aliphatic hydroxyl groups excluding tert-OH is 1. The molecule has 0 saturated carbocycles. The van der Waals surface area contributed by atoms with Gasteiger partial charge in [0, 0.05) is 4.47 Å². The molecule has 0 aliphatic carbocycles. The lowest BCUT2D eigenvalue weighted by atomic mass is 10.1. The Morgan fingerprint density at radius 3 is 2.85 bits per heavy atom. The zero-order valence-electron chi connectivity index (χ0n) is 7.13. The van der Waals surface area contributed by atoms with E-state index >= 15 is 0 Å². The minimum Gasteiger partial charge on any atom is -0.497 e. The van der Waals surface area contributed by atoms with Crippen LogP contribution < -0.4 is 4.74 Å². The first kappa shape index (κ1) is 10.8. The topological polar surface area (TPSA) is 29.5 Å². The molecule has 0 spiro atoms. The number of methoxy groups -OCH3 is 1. The Morgan fingerprint density at radius 2 is 2.31 bits per heavy atom. The normalized spacial score (nSPS) is 12.6. The molecular weight excluding hydrogens is 255 g/mol. The van der Waals surface area contributed by atoms with E-state index in [-0.39, 0.29) is 5.88 Å². The molecule has 0 radical (unpaired) electrons. The van der Waals surface area contributed by atoms with E-state index in [4.69, 9.17) is 16.3 Å². The van der Waals surface area contributed by atoms with E-state index in [1.165, 1.54) is 0 Å². The fourth-order valence-corrected chi connectivity index (χ4v) is 1.66. The summed E-state index contributed by atoms with van der Waals surface area (Å²) in [6.45, 7) is 0. The SMILES string of the molecule is COc1ccc(Br)c(C(O)CCl)c1. The predicted octanol–water partition coefficient (Wildman–Crippen LogP) is 2.73. The second-order valence-electron chi connectivity index (χ2n) is 2.56. The number of aliphatic hydroxyl groups is 1. The third-order valence-corrected chi connectivity index (χ3v) is 2.72. The van der Waals surface area contributed by atoms with Crippen molar-refractivity contribution < 1.29 is 9.84 Å². The monoisotopic (exact) mass is 264 g/mol. The number of benzene rings is 1. The van der Waals surface area contributed by atoms with Crippen molar-refractivity contribution >= 4 is 27.5 Å². The molecule has 1 N–H and O–H groups in total. The van der Waals surface area contributed by atoms with Gasteiger partial charge in [0.2, 0.25) is 0 Å². The highest BCUT2D eigenvalue weighted by atomic mass is 79.9. The van der Waals surface area contributed by atoms with E-state index in [9.17, 15) is 5.11 Å². The van der Waals surface area contributed by atoms with Crippen molar-refractivity contribution in [2.75, 3.05) is 13.0 Å². The summed E-state index contributed by atoms with van der Waals surface area (Å²) in [5.41, 5.74) is 0.745. The lowest BCUT2D eigenvalue weighted by Gasteiger charge is -2.10. The lowest BCUT2D eigenvalue weighted by Crippen LogP contribution is -2.00. The van der Waals surface area contributed by atoms with Crippen LogP contribution in [0.3, 0.4) is 0 Å². The quantitative estimate of drug-likeness (QED) is 0.852. The van der Waals surface area contributed by atoms with E-state index < -0.39 is 6.10 Å². The van der Waals surface area contributed by atoms with E-state index in [2.05, 4.69) is 15.9 Å². The number of hydrogen-bond acceptors (Lipinski definition) is 2. The van der Waals surface area contributed by atoms with Gasteiger partial charge < -0.3 is 9.84 Å². The van der Waals surface area contributed by atoms with Gasteiger partial charge in [-0.1, -0.05) is 15.9 Å². The highest BCUT2D eigenvalue weighted by Gasteiger charge is 2.10. The molecule has 1 aromatic rings. The van der Waals surface area contributed by atoms with Gasteiger partial charge in [0.1, 0.15) is 5.75 Å². The van der Waals surface area contributed by atoms with Gasteiger partial charge in [0.05, 0.1) is 19.1 Å². The van der Waals surface area contributed by atoms with E-state index in [0.29, 0.717) is 5.75 Å². The molecule has 0 aromatic heterocycles. The van der Waals surface area contributed by atoms with Crippen LogP contribution in [-0.4, -0.2) is 18.1 Å². The van der Waals surface area contributed by atoms with E-state index in [1.807, 2.05) is 12.1 Å². The van der Waals surface area contributed by atoms with Crippen molar-refractivity contribution in [3.8, 4) is 5.75 Å². The highest BCUT2D eigenvalue weighted by Crippen LogP contribution is 2.28. The Balaban J connectivity index is 3.03. The largest absolute Gasteiger partial charge is 0.497 e. The first-order chi connectivity index (χ1) is 6.19. The summed E-state index contributed by atoms with van der Waals surface area (Å²) in [4.78, 5) is 0. The van der Waals surface area contributed by atoms with Crippen LogP contribution in [0.1, 0.15) is 11.7 Å². The maximum absolute atomic E-state index is 9.51. The van der Waals surface area contributed by atoms with Gasteiger partial charge in [-0.25, -0.2) is 0 Å². The summed E-state index contributed by atoms with van der Waals surface area (Å²) in [5.74, 6) is 0.883. The summed E-state index contributed by atoms with van der Waals surface area (Å²) in [7, 11) is 1.58. The zero-order chi connectivity index (χ0) is 9.84. The molecule has 0 bridgehead atoms. The van der Waals surface area contributed by atoms with Crippen molar-refractivity contribution in [1.29, 1.82) is 0 Å². The summed E-state index contributed by atoms with van der Waals surface area (Å²) in [5, 5.41) is 9.51. The van der Waals surface area contributed by atoms with Crippen molar-refractivity contribution in [2.45, 2.75) is 6.10 Å². The van der Waals surface area contributed by atoms with Crippen molar-refractivity contribution in [3.63, 3.8) is 0 Å². The van der Waals surface area contributed by atoms with Gasteiger partial charge in [0.25, 0.3) is 0 Å². The Labute approximate surface area is 90.6 Å². The fraction of sp³-hybridized carbons (Fsp3) is 0.333. The van der Waals surface area contributed by atoms with Crippen LogP contribution in [0.4, 0.5) is 0 Å². The molecule has 1 unspecified atom stereocenters. The standard InChI is InChI=1S/C9H10BrClO2/c1-13-6-2-3-8(10)7(4-6)9(12)5-11/h2-4,9,12H,5H2,1H3. The minimum absolute atomic E-state index is 0.172. The van der Waals surface area contributed by atoms with Crippen LogP contribution in [0, 0.1) is 0 Å². The molecule has 72 valence electrons. The van der Waals surface area contributed by atoms with Gasteiger partial charge >= 0.3 is 0 Å². The van der Waals surface area contributed by atoms with Crippen LogP contribution >= 0.6 is 27.5 Å². The number of ether oxygens (including phenoxy) is 1. The first-order valence-corrected chi connectivity index (χ1v) is 5.09. The van der Waals surface area contributed by atoms with Crippen molar-refractivity contribution in [2.24, 2.45) is 0 Å². The third kappa shape index (κ3) is 2.59. The van der Waals surface area contributed by atoms with Gasteiger partial charge in [-0.15, -0.1) is 11.6 Å². The molecule has 0 saturated heterocycles. The smallest absolute Gasteiger partial charge is 0.119 e. The molecule has 0 aliphatic heterocycles. The Morgan fingerprint density at radius 1 is 1.62 bits per heavy atom. The molecule has 1 atom stereocenters. The maximum atomic E-state index is 9.51. The fourth-order valence-electron chi connectivity index (χ4n) is 0.987. The average molecular weight is 266 g/mol. The molecule has 0 aliphatic rings. The van der Waals surface area contributed by atoms with Crippen LogP contribution in [0.25, 0.3) is 0 Å². The van der Waals surface area contributed by atoms with Crippen LogP contribution in [0.5, 0.6) is 5.75 Å². The molecule has 2 nitrogen and oxygen atoms in total. The highest BCUT2D eigenvalue weighted by molar-refractivity contribution is 9.10. The summed E-state index contributed by atoms with van der Waals surface area (Å²) < 4.78 is 5.86. The predicted molar refractivity (Wildman–Crippen MR) is 56.4 cm³/mol. The van der Waals surface area contributed by atoms with Gasteiger partial charge in [-0.05, 0) is 23.8 Å². The molecule has 0 fully saturated rings. The van der Waals surface area contributed by atoms with Crippen molar-refractivity contribution in [3.05, 3.63) is 28.2 Å². The Bertz CT molecular complexity index is 291. The first-order valence-electron chi connectivity index (χ1n) is 3.76. The summed E-state index contributed by atoms with van der Waals surface area (Å²) in [6.07, 6.45) is -0.661. The maximum Gasteiger partial charge on any atom is 0.119 e. The molecule has 1 rings (SSSR count). The van der Waals surface area contributed by atoms with E-state index in [1.54, 1.807) is 13.2 Å². The average Bonchev–Trinajstić information content (AvgIpc) is 2.17. The van der Waals surface area contributed by atoms with Gasteiger partial charge in [-0.3, -0.25) is 0 Å². The molecule has 0 amide bonds. The Hall–Kier alpha value is -0.250. The Kier molecular flexibility index (Phi) is 4.03. The second kappa shape index (κ2) is 4.84. The molecule has 1 aromatic carbocycles. The lowest BCUT2D eigenvalue weighted by molar-refractivity contribution is 0.201. The summed E-state index contributed by atoms with van der Waals surface area (Å²) >= 11 is 8.87. The van der Waals surface area contributed by atoms with Crippen LogP contribution in [0.15, 0.2) is 22.7 Å².